The van der Waals surface area contributed by atoms with Crippen LogP contribution in [0.15, 0.2) is 40.6 Å². The van der Waals surface area contributed by atoms with E-state index in [0.29, 0.717) is 0 Å². The van der Waals surface area contributed by atoms with Crippen molar-refractivity contribution in [2.45, 2.75) is 45.8 Å². The number of thioether (sulfide) groups is 1. The maximum atomic E-state index is 6.47. The molecular weight excluding hydrogens is 454 g/mol. The van der Waals surface area contributed by atoms with Gasteiger partial charge < -0.3 is 14.8 Å². The number of aryl methyl sites for hydroxylation is 1. The fourth-order valence-corrected chi connectivity index (χ4v) is 5.53. The molecule has 0 spiro atoms. The lowest BCUT2D eigenvalue weighted by molar-refractivity contribution is 0.0261. The van der Waals surface area contributed by atoms with Gasteiger partial charge in [0, 0.05) is 34.9 Å². The number of ether oxygens (including phenoxy) is 2. The number of thiazole rings is 1. The first-order valence-electron chi connectivity index (χ1n) is 11.2. The van der Waals surface area contributed by atoms with Crippen LogP contribution in [0.5, 0.6) is 5.75 Å². The van der Waals surface area contributed by atoms with Crippen LogP contribution in [0.1, 0.15) is 31.6 Å². The molecule has 5 rings (SSSR count). The molecule has 7 nitrogen and oxygen atoms in total. The van der Waals surface area contributed by atoms with Crippen LogP contribution in [0.2, 0.25) is 0 Å². The molecule has 3 aromatic rings. The summed E-state index contributed by atoms with van der Waals surface area (Å²) in [4.78, 5) is 20.9. The van der Waals surface area contributed by atoms with Crippen LogP contribution in [0.4, 0.5) is 5.82 Å². The van der Waals surface area contributed by atoms with Gasteiger partial charge in [-0.05, 0) is 37.8 Å². The number of allylic oxidation sites excluding steroid dienone is 1. The van der Waals surface area contributed by atoms with Crippen molar-refractivity contribution in [3.05, 3.63) is 40.5 Å². The standard InChI is InChI=1S/C24H27N5O2S2/c1-14-4-7-25-23(32-14)16(3)29-22-19-10-17(24-26-12-15(2)33-24)11-20(21(19)27-13-28-22)31-18-5-8-30-9-6-18/h4,10-13,16,18H,5-9H2,1-3H3,(H,27,28,29). The molecule has 9 heteroatoms. The highest BCUT2D eigenvalue weighted by molar-refractivity contribution is 8.17. The summed E-state index contributed by atoms with van der Waals surface area (Å²) in [5.74, 6) is 1.54. The number of benzene rings is 1. The summed E-state index contributed by atoms with van der Waals surface area (Å²) >= 11 is 3.38. The number of nitrogens with zero attached hydrogens (tertiary/aromatic N) is 4. The number of hydrogen-bond donors (Lipinski definition) is 1. The van der Waals surface area contributed by atoms with Crippen molar-refractivity contribution in [1.29, 1.82) is 0 Å². The monoisotopic (exact) mass is 481 g/mol. The van der Waals surface area contributed by atoms with Gasteiger partial charge in [-0.3, -0.25) is 4.99 Å². The number of nitrogens with one attached hydrogen (secondary N) is 1. The summed E-state index contributed by atoms with van der Waals surface area (Å²) in [5, 5.41) is 6.51. The van der Waals surface area contributed by atoms with E-state index in [0.717, 1.165) is 70.7 Å². The number of fused-ring (bicyclic) bond motifs is 1. The van der Waals surface area contributed by atoms with Gasteiger partial charge in [-0.15, -0.1) is 11.3 Å². The Labute approximate surface area is 201 Å². The molecule has 33 heavy (non-hydrogen) atoms. The van der Waals surface area contributed by atoms with Gasteiger partial charge in [-0.2, -0.15) is 0 Å². The number of hydrogen-bond acceptors (Lipinski definition) is 9. The second-order valence-corrected chi connectivity index (χ2v) is 10.8. The number of rotatable bonds is 6. The highest BCUT2D eigenvalue weighted by Crippen LogP contribution is 2.37. The van der Waals surface area contributed by atoms with Crippen molar-refractivity contribution in [2.75, 3.05) is 25.1 Å². The van der Waals surface area contributed by atoms with Crippen molar-refractivity contribution in [3.63, 3.8) is 0 Å². The fraction of sp³-hybridized carbons (Fsp3) is 0.417. The average molecular weight is 482 g/mol. The molecule has 0 saturated carbocycles. The molecule has 0 amide bonds. The minimum Gasteiger partial charge on any atom is -0.488 e. The largest absolute Gasteiger partial charge is 0.488 e. The molecule has 1 fully saturated rings. The lowest BCUT2D eigenvalue weighted by Gasteiger charge is -2.24. The first-order chi connectivity index (χ1) is 16.1. The first-order valence-corrected chi connectivity index (χ1v) is 12.8. The van der Waals surface area contributed by atoms with E-state index in [-0.39, 0.29) is 12.1 Å². The summed E-state index contributed by atoms with van der Waals surface area (Å²) in [5.41, 5.74) is 1.81. The normalized spacial score (nSPS) is 18.0. The first kappa shape index (κ1) is 22.3. The van der Waals surface area contributed by atoms with E-state index in [1.54, 1.807) is 29.4 Å². The van der Waals surface area contributed by atoms with E-state index in [9.17, 15) is 0 Å². The molecule has 0 radical (unpaired) electrons. The fourth-order valence-electron chi connectivity index (χ4n) is 3.92. The maximum absolute atomic E-state index is 6.47. The Balaban J connectivity index is 1.54. The van der Waals surface area contributed by atoms with Gasteiger partial charge in [0.25, 0.3) is 0 Å². The van der Waals surface area contributed by atoms with E-state index in [1.807, 2.05) is 6.20 Å². The van der Waals surface area contributed by atoms with Crippen molar-refractivity contribution < 1.29 is 9.47 Å². The minimum atomic E-state index is 0.0300. The van der Waals surface area contributed by atoms with Crippen molar-refractivity contribution in [3.8, 4) is 16.3 Å². The van der Waals surface area contributed by atoms with Crippen LogP contribution >= 0.6 is 23.1 Å². The quantitative estimate of drug-likeness (QED) is 0.500. The Morgan fingerprint density at radius 1 is 1.15 bits per heavy atom. The number of anilines is 1. The zero-order valence-corrected chi connectivity index (χ0v) is 20.6. The summed E-state index contributed by atoms with van der Waals surface area (Å²) in [6.07, 6.45) is 7.51. The minimum absolute atomic E-state index is 0.0300. The van der Waals surface area contributed by atoms with Crippen molar-refractivity contribution in [1.82, 2.24) is 15.0 Å². The van der Waals surface area contributed by atoms with Crippen LogP contribution < -0.4 is 10.1 Å². The molecule has 4 heterocycles. The SMILES string of the molecule is CC1=CCN=C(C(C)Nc2ncnc3c(OC4CCOCC4)cc(-c4ncc(C)s4)cc23)S1. The molecule has 1 saturated heterocycles. The summed E-state index contributed by atoms with van der Waals surface area (Å²) in [7, 11) is 0. The molecule has 0 aliphatic carbocycles. The lowest BCUT2D eigenvalue weighted by Crippen LogP contribution is -2.26. The zero-order chi connectivity index (χ0) is 22.8. The van der Waals surface area contributed by atoms with Gasteiger partial charge in [-0.1, -0.05) is 17.8 Å². The van der Waals surface area contributed by atoms with Crippen LogP contribution in [0.3, 0.4) is 0 Å². The Morgan fingerprint density at radius 2 is 2.00 bits per heavy atom. The third-order valence-electron chi connectivity index (χ3n) is 5.65. The number of aromatic nitrogens is 3. The summed E-state index contributed by atoms with van der Waals surface area (Å²) < 4.78 is 12.0. The Bertz CT molecular complexity index is 1220. The Hall–Kier alpha value is -2.49. The maximum Gasteiger partial charge on any atom is 0.146 e. The number of aliphatic imine (C=N–C) groups is 1. The molecule has 1 unspecified atom stereocenters. The van der Waals surface area contributed by atoms with Crippen molar-refractivity contribution in [2.24, 2.45) is 4.99 Å². The van der Waals surface area contributed by atoms with Crippen LogP contribution in [-0.2, 0) is 4.74 Å². The molecule has 2 aliphatic rings. The average Bonchev–Trinajstić information content (AvgIpc) is 3.26. The molecule has 1 aromatic carbocycles. The molecule has 1 atom stereocenters. The predicted octanol–water partition coefficient (Wildman–Crippen LogP) is 5.47. The molecule has 0 bridgehead atoms. The van der Waals surface area contributed by atoms with Gasteiger partial charge in [0.2, 0.25) is 0 Å². The van der Waals surface area contributed by atoms with Gasteiger partial charge in [0.05, 0.1) is 30.8 Å². The molecule has 172 valence electrons. The third-order valence-corrected chi connectivity index (χ3v) is 7.79. The molecule has 1 N–H and O–H groups in total. The van der Waals surface area contributed by atoms with E-state index in [4.69, 9.17) is 9.47 Å². The van der Waals surface area contributed by atoms with Gasteiger partial charge in [0.15, 0.2) is 0 Å². The third kappa shape index (κ3) is 5.05. The molecular formula is C24H27N5O2S2. The van der Waals surface area contributed by atoms with E-state index in [1.165, 1.54) is 9.78 Å². The highest BCUT2D eigenvalue weighted by Gasteiger charge is 2.21. The second kappa shape index (κ2) is 9.79. The molecule has 2 aliphatic heterocycles. The summed E-state index contributed by atoms with van der Waals surface area (Å²) in [6.45, 7) is 8.47. The van der Waals surface area contributed by atoms with E-state index < -0.39 is 0 Å². The lowest BCUT2D eigenvalue weighted by atomic mass is 10.1. The van der Waals surface area contributed by atoms with Crippen molar-refractivity contribution >= 4 is 44.9 Å². The van der Waals surface area contributed by atoms with E-state index >= 15 is 0 Å². The predicted molar refractivity (Wildman–Crippen MR) is 137 cm³/mol. The Kier molecular flexibility index (Phi) is 6.62. The van der Waals surface area contributed by atoms with Crippen LogP contribution in [-0.4, -0.2) is 51.9 Å². The Morgan fingerprint density at radius 3 is 2.76 bits per heavy atom. The van der Waals surface area contributed by atoms with Gasteiger partial charge >= 0.3 is 0 Å². The zero-order valence-electron chi connectivity index (χ0n) is 19.0. The van der Waals surface area contributed by atoms with E-state index in [2.05, 4.69) is 64.2 Å². The highest BCUT2D eigenvalue weighted by atomic mass is 32.2. The van der Waals surface area contributed by atoms with Gasteiger partial charge in [-0.25, -0.2) is 15.0 Å². The topological polar surface area (TPSA) is 81.5 Å². The van der Waals surface area contributed by atoms with Gasteiger partial charge in [0.1, 0.15) is 34.5 Å². The smallest absolute Gasteiger partial charge is 0.146 e. The summed E-state index contributed by atoms with van der Waals surface area (Å²) in [6, 6.07) is 4.20. The van der Waals surface area contributed by atoms with Crippen LogP contribution in [0.25, 0.3) is 21.5 Å². The second-order valence-electron chi connectivity index (χ2n) is 8.26. The molecule has 2 aromatic heterocycles. The van der Waals surface area contributed by atoms with Crippen LogP contribution in [0, 0.1) is 6.92 Å².